The van der Waals surface area contributed by atoms with Gasteiger partial charge in [0.2, 0.25) is 0 Å². The van der Waals surface area contributed by atoms with Gasteiger partial charge in [-0.15, -0.1) is 0 Å². The summed E-state index contributed by atoms with van der Waals surface area (Å²) in [4.78, 5) is 11.1. The lowest BCUT2D eigenvalue weighted by Gasteiger charge is -2.08. The van der Waals surface area contributed by atoms with Crippen molar-refractivity contribution in [3.05, 3.63) is 29.3 Å². The minimum atomic E-state index is -2.65. The number of nitriles is 1. The van der Waals surface area contributed by atoms with E-state index in [9.17, 15) is 13.6 Å². The zero-order chi connectivity index (χ0) is 12.8. The number of hydrogen-bond acceptors (Lipinski definition) is 3. The van der Waals surface area contributed by atoms with Crippen LogP contribution in [0.15, 0.2) is 18.2 Å². The maximum absolute atomic E-state index is 12.4. The summed E-state index contributed by atoms with van der Waals surface area (Å²) < 4.78 is 29.4. The average Bonchev–Trinajstić information content (AvgIpc) is 2.29. The molecule has 1 rings (SSSR count). The fourth-order valence-corrected chi connectivity index (χ4v) is 1.18. The highest BCUT2D eigenvalue weighted by Gasteiger charge is 2.12. The van der Waals surface area contributed by atoms with Crippen molar-refractivity contribution in [1.29, 1.82) is 5.26 Å². The predicted molar refractivity (Wildman–Crippen MR) is 56.8 cm³/mol. The molecule has 0 saturated carbocycles. The van der Waals surface area contributed by atoms with E-state index in [1.807, 2.05) is 0 Å². The summed E-state index contributed by atoms with van der Waals surface area (Å²) in [6.07, 6.45) is -3.38. The average molecular weight is 240 g/mol. The van der Waals surface area contributed by atoms with Gasteiger partial charge >= 0.3 is 6.09 Å². The highest BCUT2D eigenvalue weighted by atomic mass is 19.3. The van der Waals surface area contributed by atoms with Crippen LogP contribution in [0, 0.1) is 11.3 Å². The Bertz CT molecular complexity index is 455. The third-order valence-electron chi connectivity index (χ3n) is 1.93. The molecule has 0 spiro atoms. The van der Waals surface area contributed by atoms with Gasteiger partial charge in [0.05, 0.1) is 17.9 Å². The highest BCUT2D eigenvalue weighted by Crippen LogP contribution is 2.24. The van der Waals surface area contributed by atoms with E-state index in [4.69, 9.17) is 5.26 Å². The van der Waals surface area contributed by atoms with Crippen molar-refractivity contribution in [3.63, 3.8) is 0 Å². The lowest BCUT2D eigenvalue weighted by atomic mass is 10.1. The lowest BCUT2D eigenvalue weighted by molar-refractivity contribution is 0.151. The van der Waals surface area contributed by atoms with Gasteiger partial charge in [0.25, 0.3) is 6.43 Å². The molecular formula is C11H10F2N2O2. The number of amides is 1. The Hall–Kier alpha value is -2.16. The van der Waals surface area contributed by atoms with Crippen molar-refractivity contribution < 1.29 is 18.3 Å². The molecule has 1 amide bonds. The van der Waals surface area contributed by atoms with Crippen molar-refractivity contribution >= 4 is 11.8 Å². The predicted octanol–water partition coefficient (Wildman–Crippen LogP) is 3.06. The van der Waals surface area contributed by atoms with Crippen molar-refractivity contribution in [1.82, 2.24) is 0 Å². The first-order chi connectivity index (χ1) is 8.08. The van der Waals surface area contributed by atoms with Crippen LogP contribution in [-0.4, -0.2) is 12.7 Å². The summed E-state index contributed by atoms with van der Waals surface area (Å²) in [5, 5.41) is 11.1. The molecule has 1 aromatic rings. The van der Waals surface area contributed by atoms with Gasteiger partial charge in [0, 0.05) is 5.56 Å². The molecule has 0 aromatic heterocycles. The number of benzene rings is 1. The SMILES string of the molecule is CCOC(=O)Nc1ccc(C(F)F)cc1C#N. The first kappa shape index (κ1) is 12.9. The summed E-state index contributed by atoms with van der Waals surface area (Å²) >= 11 is 0. The second-order valence-corrected chi connectivity index (χ2v) is 3.06. The van der Waals surface area contributed by atoms with Crippen LogP contribution in [0.5, 0.6) is 0 Å². The number of hydrogen-bond donors (Lipinski definition) is 1. The first-order valence-corrected chi connectivity index (χ1v) is 4.84. The normalized spacial score (nSPS) is 9.82. The van der Waals surface area contributed by atoms with Crippen LogP contribution in [0.3, 0.4) is 0 Å². The summed E-state index contributed by atoms with van der Waals surface area (Å²) in [6.45, 7) is 1.81. The second-order valence-electron chi connectivity index (χ2n) is 3.06. The molecule has 6 heteroatoms. The summed E-state index contributed by atoms with van der Waals surface area (Å²) in [6, 6.07) is 5.16. The highest BCUT2D eigenvalue weighted by molar-refractivity contribution is 5.86. The lowest BCUT2D eigenvalue weighted by Crippen LogP contribution is -2.14. The topological polar surface area (TPSA) is 62.1 Å². The van der Waals surface area contributed by atoms with Gasteiger partial charge in [-0.3, -0.25) is 5.32 Å². The number of carbonyl (C=O) groups excluding carboxylic acids is 1. The molecule has 0 fully saturated rings. The Labute approximate surface area is 96.8 Å². The molecule has 1 N–H and O–H groups in total. The largest absolute Gasteiger partial charge is 0.450 e. The van der Waals surface area contributed by atoms with Crippen molar-refractivity contribution in [2.45, 2.75) is 13.3 Å². The Balaban J connectivity index is 2.94. The van der Waals surface area contributed by atoms with Crippen LogP contribution in [0.4, 0.5) is 19.3 Å². The number of ether oxygens (including phenoxy) is 1. The van der Waals surface area contributed by atoms with Crippen LogP contribution in [-0.2, 0) is 4.74 Å². The van der Waals surface area contributed by atoms with E-state index >= 15 is 0 Å². The molecule has 0 aliphatic heterocycles. The molecule has 0 unspecified atom stereocenters. The fourth-order valence-electron chi connectivity index (χ4n) is 1.18. The quantitative estimate of drug-likeness (QED) is 0.883. The Morgan fingerprint density at radius 1 is 1.59 bits per heavy atom. The molecule has 0 heterocycles. The number of halogens is 2. The summed E-state index contributed by atoms with van der Waals surface area (Å²) in [5.74, 6) is 0. The van der Waals surface area contributed by atoms with Crippen LogP contribution < -0.4 is 5.32 Å². The molecule has 0 saturated heterocycles. The fraction of sp³-hybridized carbons (Fsp3) is 0.273. The molecule has 0 bridgehead atoms. The van der Waals surface area contributed by atoms with Crippen molar-refractivity contribution in [3.8, 4) is 6.07 Å². The molecule has 90 valence electrons. The van der Waals surface area contributed by atoms with Gasteiger partial charge in [-0.2, -0.15) is 5.26 Å². The van der Waals surface area contributed by atoms with Gasteiger partial charge < -0.3 is 4.74 Å². The molecule has 0 atom stereocenters. The smallest absolute Gasteiger partial charge is 0.411 e. The number of nitrogens with zero attached hydrogens (tertiary/aromatic N) is 1. The number of rotatable bonds is 3. The number of nitrogens with one attached hydrogen (secondary N) is 1. The minimum absolute atomic E-state index is 0.0316. The molecule has 0 radical (unpaired) electrons. The third-order valence-corrected chi connectivity index (χ3v) is 1.93. The zero-order valence-electron chi connectivity index (χ0n) is 9.04. The standard InChI is InChI=1S/C11H10F2N2O2/c1-2-17-11(16)15-9-4-3-7(10(12)13)5-8(9)6-14/h3-5,10H,2H2,1H3,(H,15,16). The van der Waals surface area contributed by atoms with Gasteiger partial charge in [-0.05, 0) is 19.1 Å². The van der Waals surface area contributed by atoms with Gasteiger partial charge in [-0.25, -0.2) is 13.6 Å². The van der Waals surface area contributed by atoms with Crippen LogP contribution in [0.1, 0.15) is 24.5 Å². The molecule has 1 aromatic carbocycles. The monoisotopic (exact) mass is 240 g/mol. The third kappa shape index (κ3) is 3.41. The molecule has 4 nitrogen and oxygen atoms in total. The minimum Gasteiger partial charge on any atom is -0.450 e. The molecule has 0 aliphatic rings. The zero-order valence-corrected chi connectivity index (χ0v) is 9.04. The van der Waals surface area contributed by atoms with Crippen LogP contribution >= 0.6 is 0 Å². The molecule has 0 aliphatic carbocycles. The van der Waals surface area contributed by atoms with E-state index < -0.39 is 12.5 Å². The second kappa shape index (κ2) is 5.80. The van der Waals surface area contributed by atoms with Crippen LogP contribution in [0.2, 0.25) is 0 Å². The van der Waals surface area contributed by atoms with Gasteiger partial charge in [0.1, 0.15) is 6.07 Å². The van der Waals surface area contributed by atoms with Gasteiger partial charge in [-0.1, -0.05) is 6.07 Å². The summed E-state index contributed by atoms with van der Waals surface area (Å²) in [7, 11) is 0. The van der Waals surface area contributed by atoms with Crippen LogP contribution in [0.25, 0.3) is 0 Å². The molecular weight excluding hydrogens is 230 g/mol. The number of carbonyl (C=O) groups is 1. The van der Waals surface area contributed by atoms with E-state index in [0.29, 0.717) is 0 Å². The Morgan fingerprint density at radius 3 is 2.82 bits per heavy atom. The van der Waals surface area contributed by atoms with E-state index in [1.54, 1.807) is 13.0 Å². The first-order valence-electron chi connectivity index (χ1n) is 4.84. The Morgan fingerprint density at radius 2 is 2.29 bits per heavy atom. The van der Waals surface area contributed by atoms with E-state index in [2.05, 4.69) is 10.1 Å². The maximum atomic E-state index is 12.4. The van der Waals surface area contributed by atoms with Crippen molar-refractivity contribution in [2.75, 3.05) is 11.9 Å². The number of alkyl halides is 2. The summed E-state index contributed by atoms with van der Waals surface area (Å²) in [5.41, 5.74) is -0.151. The van der Waals surface area contributed by atoms with E-state index in [-0.39, 0.29) is 23.4 Å². The van der Waals surface area contributed by atoms with E-state index in [1.165, 1.54) is 6.07 Å². The molecule has 17 heavy (non-hydrogen) atoms. The maximum Gasteiger partial charge on any atom is 0.411 e. The van der Waals surface area contributed by atoms with Gasteiger partial charge in [0.15, 0.2) is 0 Å². The Kier molecular flexibility index (Phi) is 4.40. The van der Waals surface area contributed by atoms with E-state index in [0.717, 1.165) is 12.1 Å². The van der Waals surface area contributed by atoms with Crippen molar-refractivity contribution in [2.24, 2.45) is 0 Å². The number of anilines is 1.